The fourth-order valence-electron chi connectivity index (χ4n) is 3.96. The van der Waals surface area contributed by atoms with Crippen LogP contribution in [0, 0.1) is 0 Å². The van der Waals surface area contributed by atoms with E-state index in [-0.39, 0.29) is 11.1 Å². The largest absolute Gasteiger partial charge is 0.546 e. The van der Waals surface area contributed by atoms with Crippen LogP contribution >= 0.6 is 22.7 Å². The maximum atomic E-state index is 13.0. The topological polar surface area (TPSA) is 108 Å². The van der Waals surface area contributed by atoms with Gasteiger partial charge in [-0.1, -0.05) is 0 Å². The molecule has 0 radical (unpaired) electrons. The SMILES string of the molecule is COC(=O)c1cc(-c2ccc([Si](OC)(OC)OC)s2)c(C(=O)OC)cc1-c1ccc([Si](OC)(OC)OC)s1. The Balaban J connectivity index is 2.26. The van der Waals surface area contributed by atoms with Gasteiger partial charge in [0.05, 0.1) is 34.3 Å². The summed E-state index contributed by atoms with van der Waals surface area (Å²) >= 11 is 2.68. The molecular formula is C24H30O10S2Si2. The number of benzene rings is 1. The number of esters is 2. The molecule has 0 aliphatic carbocycles. The molecule has 0 saturated heterocycles. The number of thiophene rings is 2. The average molecular weight is 599 g/mol. The van der Waals surface area contributed by atoms with Gasteiger partial charge < -0.3 is 36.0 Å². The first kappa shape index (κ1) is 30.3. The standard InChI is InChI=1S/C24H30O10S2Si2/c1-27-23(25)17-13-16(20-10-12-22(36-20)38(32-6,33-7)34-8)18(24(26)28-2)14-15(17)19-9-11-21(35-19)37(29-3,30-4)31-5/h9-14H,1-8H3. The fraction of sp³-hybridized carbons (Fsp3) is 0.333. The lowest BCUT2D eigenvalue weighted by molar-refractivity contribution is 0.0588. The molecule has 10 nitrogen and oxygen atoms in total. The molecule has 0 amide bonds. The first-order valence-corrected chi connectivity index (χ1v) is 16.2. The highest BCUT2D eigenvalue weighted by atomic mass is 32.1. The Hall–Kier alpha value is -2.25. The normalized spacial score (nSPS) is 12.0. The maximum absolute atomic E-state index is 13.0. The number of hydrogen-bond acceptors (Lipinski definition) is 12. The van der Waals surface area contributed by atoms with E-state index >= 15 is 0 Å². The van der Waals surface area contributed by atoms with Crippen LogP contribution in [-0.2, 0) is 36.0 Å². The zero-order chi connectivity index (χ0) is 28.1. The Morgan fingerprint density at radius 3 is 1.13 bits per heavy atom. The molecule has 3 rings (SSSR count). The van der Waals surface area contributed by atoms with Crippen molar-refractivity contribution in [2.75, 3.05) is 56.9 Å². The highest BCUT2D eigenvalue weighted by Crippen LogP contribution is 2.37. The van der Waals surface area contributed by atoms with Gasteiger partial charge in [-0.15, -0.1) is 22.7 Å². The number of rotatable bonds is 12. The molecule has 3 aromatic rings. The molecule has 0 N–H and O–H groups in total. The quantitative estimate of drug-likeness (QED) is 0.228. The summed E-state index contributed by atoms with van der Waals surface area (Å²) in [4.78, 5) is 27.3. The minimum absolute atomic E-state index is 0.270. The third-order valence-corrected chi connectivity index (χ3v) is 14.7. The number of ether oxygens (including phenoxy) is 2. The van der Waals surface area contributed by atoms with E-state index in [1.54, 1.807) is 12.1 Å². The summed E-state index contributed by atoms with van der Waals surface area (Å²) in [7, 11) is 5.51. The molecule has 0 saturated carbocycles. The van der Waals surface area contributed by atoms with Gasteiger partial charge >= 0.3 is 29.5 Å². The molecule has 206 valence electrons. The highest BCUT2D eigenvalue weighted by molar-refractivity contribution is 7.27. The van der Waals surface area contributed by atoms with Crippen molar-refractivity contribution >= 4 is 61.2 Å². The predicted molar refractivity (Wildman–Crippen MR) is 149 cm³/mol. The summed E-state index contributed by atoms with van der Waals surface area (Å²) in [5.41, 5.74) is 1.53. The van der Waals surface area contributed by atoms with E-state index < -0.39 is 29.5 Å². The lowest BCUT2D eigenvalue weighted by Crippen LogP contribution is -2.53. The Morgan fingerprint density at radius 2 is 0.868 bits per heavy atom. The minimum atomic E-state index is -3.11. The summed E-state index contributed by atoms with van der Waals surface area (Å²) in [5, 5.41) is 0. The summed E-state index contributed by atoms with van der Waals surface area (Å²) < 4.78 is 45.3. The van der Waals surface area contributed by atoms with Crippen molar-refractivity contribution in [1.29, 1.82) is 0 Å². The second-order valence-corrected chi connectivity index (χ2v) is 16.2. The number of carbonyl (C=O) groups excluding carboxylic acids is 2. The molecule has 14 heteroatoms. The van der Waals surface area contributed by atoms with E-state index in [1.165, 1.54) is 79.6 Å². The molecule has 0 spiro atoms. The van der Waals surface area contributed by atoms with E-state index in [9.17, 15) is 9.59 Å². The Morgan fingerprint density at radius 1 is 0.553 bits per heavy atom. The maximum Gasteiger partial charge on any atom is 0.546 e. The molecule has 2 heterocycles. The van der Waals surface area contributed by atoms with Crippen LogP contribution in [0.25, 0.3) is 20.9 Å². The molecular weight excluding hydrogens is 569 g/mol. The Bertz CT molecular complexity index is 1170. The van der Waals surface area contributed by atoms with Crippen LogP contribution in [-0.4, -0.2) is 86.4 Å². The molecule has 38 heavy (non-hydrogen) atoms. The van der Waals surface area contributed by atoms with Gasteiger partial charge in [0.15, 0.2) is 0 Å². The van der Waals surface area contributed by atoms with Crippen molar-refractivity contribution < 1.29 is 45.6 Å². The van der Waals surface area contributed by atoms with E-state index in [0.717, 1.165) is 9.00 Å². The van der Waals surface area contributed by atoms with Gasteiger partial charge in [-0.2, -0.15) is 0 Å². The third kappa shape index (κ3) is 5.42. The third-order valence-electron chi connectivity index (χ3n) is 5.93. The van der Waals surface area contributed by atoms with Gasteiger partial charge in [0.25, 0.3) is 0 Å². The molecule has 0 aliphatic rings. The van der Waals surface area contributed by atoms with Crippen molar-refractivity contribution in [3.05, 3.63) is 47.5 Å². The minimum Gasteiger partial charge on any atom is -0.465 e. The van der Waals surface area contributed by atoms with Crippen molar-refractivity contribution in [1.82, 2.24) is 0 Å². The van der Waals surface area contributed by atoms with Crippen LogP contribution in [0.5, 0.6) is 0 Å². The van der Waals surface area contributed by atoms with E-state index in [1.807, 2.05) is 24.3 Å². The molecule has 0 unspecified atom stereocenters. The van der Waals surface area contributed by atoms with Crippen LogP contribution in [0.2, 0.25) is 0 Å². The van der Waals surface area contributed by atoms with Gasteiger partial charge in [0, 0.05) is 63.5 Å². The van der Waals surface area contributed by atoms with Gasteiger partial charge in [-0.05, 0) is 36.4 Å². The highest BCUT2D eigenvalue weighted by Gasteiger charge is 2.44. The van der Waals surface area contributed by atoms with Crippen LogP contribution in [0.4, 0.5) is 0 Å². The molecule has 0 bridgehead atoms. The number of methoxy groups -OCH3 is 2. The second-order valence-electron chi connectivity index (χ2n) is 7.59. The zero-order valence-electron chi connectivity index (χ0n) is 22.4. The van der Waals surface area contributed by atoms with E-state index in [4.69, 9.17) is 36.0 Å². The van der Waals surface area contributed by atoms with E-state index in [0.29, 0.717) is 20.9 Å². The van der Waals surface area contributed by atoms with Crippen molar-refractivity contribution in [2.45, 2.75) is 0 Å². The van der Waals surface area contributed by atoms with Gasteiger partial charge in [-0.25, -0.2) is 9.59 Å². The van der Waals surface area contributed by atoms with Crippen LogP contribution in [0.15, 0.2) is 36.4 Å². The van der Waals surface area contributed by atoms with Crippen LogP contribution in [0.1, 0.15) is 20.7 Å². The van der Waals surface area contributed by atoms with Crippen molar-refractivity contribution in [2.24, 2.45) is 0 Å². The first-order valence-electron chi connectivity index (χ1n) is 11.1. The number of carbonyl (C=O) groups is 2. The summed E-state index contributed by atoms with van der Waals surface area (Å²) in [6, 6.07) is 10.6. The fourth-order valence-corrected chi connectivity index (χ4v) is 11.5. The first-order chi connectivity index (χ1) is 18.2. The van der Waals surface area contributed by atoms with Gasteiger partial charge in [0.2, 0.25) is 0 Å². The van der Waals surface area contributed by atoms with Gasteiger partial charge in [0.1, 0.15) is 0 Å². The van der Waals surface area contributed by atoms with E-state index in [2.05, 4.69) is 0 Å². The molecule has 2 aromatic heterocycles. The number of hydrogen-bond donors (Lipinski definition) is 0. The van der Waals surface area contributed by atoms with Crippen molar-refractivity contribution in [3.8, 4) is 20.9 Å². The van der Waals surface area contributed by atoms with Crippen LogP contribution in [0.3, 0.4) is 0 Å². The summed E-state index contributed by atoms with van der Waals surface area (Å²) in [5.74, 6) is -1.12. The smallest absolute Gasteiger partial charge is 0.465 e. The Labute approximate surface area is 231 Å². The summed E-state index contributed by atoms with van der Waals surface area (Å²) in [6.07, 6.45) is 0. The van der Waals surface area contributed by atoms with Crippen molar-refractivity contribution in [3.63, 3.8) is 0 Å². The molecule has 0 atom stereocenters. The van der Waals surface area contributed by atoms with Gasteiger partial charge in [-0.3, -0.25) is 0 Å². The van der Waals surface area contributed by atoms with Crippen LogP contribution < -0.4 is 9.00 Å². The second kappa shape index (κ2) is 12.7. The lowest BCUT2D eigenvalue weighted by Gasteiger charge is -2.22. The lowest BCUT2D eigenvalue weighted by atomic mass is 9.96. The molecule has 0 aliphatic heterocycles. The average Bonchev–Trinajstić information content (AvgIpc) is 3.66. The Kier molecular flexibility index (Phi) is 10.2. The zero-order valence-corrected chi connectivity index (χ0v) is 26.0. The monoisotopic (exact) mass is 598 g/mol. The predicted octanol–water partition coefficient (Wildman–Crippen LogP) is 2.89. The molecule has 0 fully saturated rings. The summed E-state index contributed by atoms with van der Waals surface area (Å²) in [6.45, 7) is 0. The molecule has 1 aromatic carbocycles.